The normalized spacial score (nSPS) is 18.5. The van der Waals surface area contributed by atoms with Crippen molar-refractivity contribution in [2.45, 2.75) is 13.3 Å². The van der Waals surface area contributed by atoms with E-state index in [1.54, 1.807) is 0 Å². The van der Waals surface area contributed by atoms with Crippen molar-refractivity contribution >= 4 is 0 Å². The summed E-state index contributed by atoms with van der Waals surface area (Å²) in [5.74, 6) is 0. The maximum atomic E-state index is 3.71. The largest absolute Gasteiger partial charge is 0.302 e. The maximum absolute atomic E-state index is 3.71. The highest BCUT2D eigenvalue weighted by Crippen LogP contribution is 2.18. The molecule has 0 radical (unpaired) electrons. The third kappa shape index (κ3) is 2.73. The molecule has 0 N–H and O–H groups in total. The van der Waals surface area contributed by atoms with Crippen LogP contribution in [0.1, 0.15) is 13.3 Å². The summed E-state index contributed by atoms with van der Waals surface area (Å²) < 4.78 is 0. The van der Waals surface area contributed by atoms with Crippen LogP contribution in [-0.4, -0.2) is 25.0 Å². The molecule has 0 bridgehead atoms. The average molecular weight is 175 g/mol. The summed E-state index contributed by atoms with van der Waals surface area (Å²) in [7, 11) is 2.14. The summed E-state index contributed by atoms with van der Waals surface area (Å²) in [5.41, 5.74) is 5.51. The zero-order chi connectivity index (χ0) is 9.68. The van der Waals surface area contributed by atoms with Crippen LogP contribution in [0.15, 0.2) is 41.7 Å². The number of likely N-dealkylation sites (N-methyl/N-ethyl adjacent to an activating group) is 1. The molecular weight excluding hydrogens is 158 g/mol. The first kappa shape index (κ1) is 10.0. The molecule has 1 heteroatoms. The summed E-state index contributed by atoms with van der Waals surface area (Å²) in [6, 6.07) is 0. The Bertz CT molecular complexity index is 277. The zero-order valence-electron chi connectivity index (χ0n) is 8.51. The van der Waals surface area contributed by atoms with E-state index in [0.29, 0.717) is 0 Å². The van der Waals surface area contributed by atoms with E-state index in [0.717, 1.165) is 25.1 Å². The minimum atomic E-state index is 1.04. The second-order valence-electron chi connectivity index (χ2n) is 3.33. The van der Waals surface area contributed by atoms with Crippen molar-refractivity contribution in [1.29, 1.82) is 0 Å². The third-order valence-corrected chi connectivity index (χ3v) is 2.28. The first-order valence-corrected chi connectivity index (χ1v) is 4.68. The van der Waals surface area contributed by atoms with Crippen LogP contribution in [0.5, 0.6) is 0 Å². The topological polar surface area (TPSA) is 3.24 Å². The Labute approximate surface area is 80.7 Å². The van der Waals surface area contributed by atoms with Crippen LogP contribution in [0.25, 0.3) is 0 Å². The lowest BCUT2D eigenvalue weighted by atomic mass is 10.00. The van der Waals surface area contributed by atoms with Crippen molar-refractivity contribution in [3.63, 3.8) is 0 Å². The van der Waals surface area contributed by atoms with Gasteiger partial charge in [-0.15, -0.1) is 5.73 Å². The smallest absolute Gasteiger partial charge is 0.0184 e. The Morgan fingerprint density at radius 3 is 2.92 bits per heavy atom. The summed E-state index contributed by atoms with van der Waals surface area (Å²) in [5, 5.41) is 0. The van der Waals surface area contributed by atoms with Crippen LogP contribution in [0.2, 0.25) is 0 Å². The molecule has 0 spiro atoms. The first-order chi connectivity index (χ1) is 6.27. The highest BCUT2D eigenvalue weighted by Gasteiger charge is 2.08. The Kier molecular flexibility index (Phi) is 3.75. The van der Waals surface area contributed by atoms with Gasteiger partial charge in [0.2, 0.25) is 0 Å². The van der Waals surface area contributed by atoms with Gasteiger partial charge in [-0.05, 0) is 26.0 Å². The molecule has 0 aliphatic carbocycles. The van der Waals surface area contributed by atoms with E-state index in [4.69, 9.17) is 0 Å². The second-order valence-corrected chi connectivity index (χ2v) is 3.33. The van der Waals surface area contributed by atoms with Crippen molar-refractivity contribution in [1.82, 2.24) is 4.90 Å². The van der Waals surface area contributed by atoms with Crippen LogP contribution >= 0.6 is 0 Å². The highest BCUT2D eigenvalue weighted by molar-refractivity contribution is 5.39. The molecule has 0 atom stereocenters. The molecule has 1 aliphatic heterocycles. The lowest BCUT2D eigenvalue weighted by Crippen LogP contribution is -2.24. The molecule has 1 rings (SSSR count). The molecule has 0 amide bonds. The summed E-state index contributed by atoms with van der Waals surface area (Å²) >= 11 is 0. The Hall–Kier alpha value is -1.04. The number of hydrogen-bond acceptors (Lipinski definition) is 1. The SMILES string of the molecule is C=C=C(/C=C\C)C1=CCN(C)CC1. The number of allylic oxidation sites excluding steroid dienone is 3. The van der Waals surface area contributed by atoms with Gasteiger partial charge in [0.15, 0.2) is 0 Å². The van der Waals surface area contributed by atoms with Crippen LogP contribution in [0, 0.1) is 0 Å². The zero-order valence-corrected chi connectivity index (χ0v) is 8.51. The molecule has 0 saturated heterocycles. The fourth-order valence-corrected chi connectivity index (χ4v) is 1.46. The monoisotopic (exact) mass is 175 g/mol. The summed E-state index contributed by atoms with van der Waals surface area (Å²) in [6.07, 6.45) is 7.48. The van der Waals surface area contributed by atoms with Gasteiger partial charge < -0.3 is 4.90 Å². The lowest BCUT2D eigenvalue weighted by Gasteiger charge is -2.21. The van der Waals surface area contributed by atoms with Crippen molar-refractivity contribution < 1.29 is 0 Å². The number of rotatable bonds is 2. The molecular formula is C12H17N. The van der Waals surface area contributed by atoms with Gasteiger partial charge >= 0.3 is 0 Å². The molecule has 1 heterocycles. The molecule has 1 nitrogen and oxygen atoms in total. The second kappa shape index (κ2) is 4.86. The quantitative estimate of drug-likeness (QED) is 0.460. The lowest BCUT2D eigenvalue weighted by molar-refractivity contribution is 0.361. The standard InChI is InChI=1S/C12H17N/c1-4-6-11(5-2)12-7-9-13(3)10-8-12/h4,6-7H,2,8-10H2,1,3H3/b6-4-. The van der Waals surface area contributed by atoms with Crippen molar-refractivity contribution in [3.05, 3.63) is 41.7 Å². The number of nitrogens with zero attached hydrogens (tertiary/aromatic N) is 1. The fraction of sp³-hybridized carbons (Fsp3) is 0.417. The molecule has 1 aliphatic rings. The molecule has 13 heavy (non-hydrogen) atoms. The molecule has 0 fully saturated rings. The van der Waals surface area contributed by atoms with E-state index in [1.165, 1.54) is 5.57 Å². The van der Waals surface area contributed by atoms with Gasteiger partial charge in [0.05, 0.1) is 0 Å². The fourth-order valence-electron chi connectivity index (χ4n) is 1.46. The first-order valence-electron chi connectivity index (χ1n) is 4.68. The van der Waals surface area contributed by atoms with E-state index in [9.17, 15) is 0 Å². The minimum Gasteiger partial charge on any atom is -0.302 e. The molecule has 0 saturated carbocycles. The molecule has 0 aromatic rings. The van der Waals surface area contributed by atoms with Gasteiger partial charge in [0, 0.05) is 18.7 Å². The molecule has 70 valence electrons. The van der Waals surface area contributed by atoms with E-state index in [2.05, 4.69) is 36.4 Å². The molecule has 0 unspecified atom stereocenters. The van der Waals surface area contributed by atoms with Gasteiger partial charge in [-0.3, -0.25) is 0 Å². The summed E-state index contributed by atoms with van der Waals surface area (Å²) in [6.45, 7) is 7.90. The Balaban J connectivity index is 2.77. The Morgan fingerprint density at radius 2 is 2.46 bits per heavy atom. The van der Waals surface area contributed by atoms with Crippen LogP contribution in [0.3, 0.4) is 0 Å². The number of hydrogen-bond donors (Lipinski definition) is 0. The van der Waals surface area contributed by atoms with Gasteiger partial charge in [-0.25, -0.2) is 0 Å². The third-order valence-electron chi connectivity index (χ3n) is 2.28. The Morgan fingerprint density at radius 1 is 1.69 bits per heavy atom. The van der Waals surface area contributed by atoms with E-state index in [-0.39, 0.29) is 0 Å². The van der Waals surface area contributed by atoms with Gasteiger partial charge in [-0.2, -0.15) is 0 Å². The van der Waals surface area contributed by atoms with Crippen molar-refractivity contribution in [3.8, 4) is 0 Å². The minimum absolute atomic E-state index is 1.04. The molecule has 0 aromatic heterocycles. The predicted molar refractivity (Wildman–Crippen MR) is 57.7 cm³/mol. The van der Waals surface area contributed by atoms with Gasteiger partial charge in [0.1, 0.15) is 0 Å². The van der Waals surface area contributed by atoms with E-state index >= 15 is 0 Å². The van der Waals surface area contributed by atoms with E-state index < -0.39 is 0 Å². The van der Waals surface area contributed by atoms with Crippen LogP contribution < -0.4 is 0 Å². The maximum Gasteiger partial charge on any atom is 0.0184 e. The van der Waals surface area contributed by atoms with Crippen molar-refractivity contribution in [2.75, 3.05) is 20.1 Å². The molecule has 0 aromatic carbocycles. The van der Waals surface area contributed by atoms with Gasteiger partial charge in [0.25, 0.3) is 0 Å². The van der Waals surface area contributed by atoms with Gasteiger partial charge in [-0.1, -0.05) is 24.8 Å². The van der Waals surface area contributed by atoms with Crippen molar-refractivity contribution in [2.24, 2.45) is 0 Å². The van der Waals surface area contributed by atoms with Crippen LogP contribution in [0.4, 0.5) is 0 Å². The average Bonchev–Trinajstić information content (AvgIpc) is 2.16. The highest BCUT2D eigenvalue weighted by atomic mass is 15.1. The summed E-state index contributed by atoms with van der Waals surface area (Å²) in [4.78, 5) is 2.31. The van der Waals surface area contributed by atoms with Crippen LogP contribution in [-0.2, 0) is 0 Å². The predicted octanol–water partition coefficient (Wildman–Crippen LogP) is 2.54. The van der Waals surface area contributed by atoms with E-state index in [1.807, 2.05) is 13.0 Å².